The quantitative estimate of drug-likeness (QED) is 0.469. The highest BCUT2D eigenvalue weighted by atomic mass is 32.1. The standard InChI is InChI=1S/C17H9N3O2S/c1-3-7-13-10(5-1)18-15(21-13)12-9-23-17(20-12)16-19-11-6-2-4-8-14(11)22-16/h1-9H. The number of benzene rings is 2. The molecule has 110 valence electrons. The molecule has 23 heavy (non-hydrogen) atoms. The van der Waals surface area contributed by atoms with E-state index in [4.69, 9.17) is 8.83 Å². The molecule has 0 amide bonds. The van der Waals surface area contributed by atoms with Gasteiger partial charge in [0.15, 0.2) is 16.2 Å². The lowest BCUT2D eigenvalue weighted by Crippen LogP contribution is -1.79. The summed E-state index contributed by atoms with van der Waals surface area (Å²) >= 11 is 1.46. The highest BCUT2D eigenvalue weighted by Crippen LogP contribution is 2.31. The molecule has 0 fully saturated rings. The molecule has 0 saturated heterocycles. The zero-order valence-corrected chi connectivity index (χ0v) is 12.6. The number of thiazole rings is 1. The zero-order chi connectivity index (χ0) is 15.2. The fourth-order valence-corrected chi connectivity index (χ4v) is 3.13. The van der Waals surface area contributed by atoms with Crippen molar-refractivity contribution < 1.29 is 8.83 Å². The minimum Gasteiger partial charge on any atom is -0.435 e. The Balaban J connectivity index is 1.59. The predicted molar refractivity (Wildman–Crippen MR) is 88.1 cm³/mol. The Hall–Kier alpha value is -2.99. The van der Waals surface area contributed by atoms with E-state index < -0.39 is 0 Å². The van der Waals surface area contributed by atoms with Crippen molar-refractivity contribution in [3.8, 4) is 22.5 Å². The Kier molecular flexibility index (Phi) is 2.59. The van der Waals surface area contributed by atoms with Crippen LogP contribution in [-0.4, -0.2) is 15.0 Å². The van der Waals surface area contributed by atoms with Gasteiger partial charge in [0.2, 0.25) is 5.89 Å². The number of nitrogens with zero attached hydrogens (tertiary/aromatic N) is 3. The summed E-state index contributed by atoms with van der Waals surface area (Å²) in [6, 6.07) is 15.3. The molecular formula is C17H9N3O2S. The highest BCUT2D eigenvalue weighted by Gasteiger charge is 2.16. The third-order valence-electron chi connectivity index (χ3n) is 3.49. The van der Waals surface area contributed by atoms with Gasteiger partial charge in [0.05, 0.1) is 0 Å². The minimum absolute atomic E-state index is 0.504. The van der Waals surface area contributed by atoms with Crippen LogP contribution in [0.2, 0.25) is 0 Å². The normalized spacial score (nSPS) is 11.5. The number of hydrogen-bond acceptors (Lipinski definition) is 6. The molecule has 5 rings (SSSR count). The summed E-state index contributed by atoms with van der Waals surface area (Å²) in [6.45, 7) is 0. The van der Waals surface area contributed by atoms with Gasteiger partial charge in [0.25, 0.3) is 5.89 Å². The van der Waals surface area contributed by atoms with Crippen LogP contribution in [0.1, 0.15) is 0 Å². The third-order valence-corrected chi connectivity index (χ3v) is 4.32. The van der Waals surface area contributed by atoms with Crippen LogP contribution in [0, 0.1) is 0 Å². The smallest absolute Gasteiger partial charge is 0.256 e. The Bertz CT molecular complexity index is 984. The first-order valence-electron chi connectivity index (χ1n) is 7.04. The maximum atomic E-state index is 5.75. The van der Waals surface area contributed by atoms with Gasteiger partial charge in [-0.2, -0.15) is 0 Å². The van der Waals surface area contributed by atoms with Crippen LogP contribution in [0.25, 0.3) is 44.7 Å². The monoisotopic (exact) mass is 319 g/mol. The van der Waals surface area contributed by atoms with E-state index >= 15 is 0 Å². The van der Waals surface area contributed by atoms with Crippen LogP contribution in [0.4, 0.5) is 0 Å². The van der Waals surface area contributed by atoms with Crippen molar-refractivity contribution in [1.82, 2.24) is 15.0 Å². The Morgan fingerprint density at radius 2 is 1.30 bits per heavy atom. The summed E-state index contributed by atoms with van der Waals surface area (Å²) in [5, 5.41) is 2.60. The Morgan fingerprint density at radius 1 is 0.696 bits per heavy atom. The van der Waals surface area contributed by atoms with Gasteiger partial charge in [-0.15, -0.1) is 11.3 Å². The summed E-state index contributed by atoms with van der Waals surface area (Å²) in [6.07, 6.45) is 0. The van der Waals surface area contributed by atoms with E-state index in [0.717, 1.165) is 22.2 Å². The van der Waals surface area contributed by atoms with Crippen molar-refractivity contribution >= 4 is 33.5 Å². The topological polar surface area (TPSA) is 65.0 Å². The second-order valence-electron chi connectivity index (χ2n) is 5.01. The summed E-state index contributed by atoms with van der Waals surface area (Å²) in [7, 11) is 0. The molecule has 0 unspecified atom stereocenters. The van der Waals surface area contributed by atoms with Crippen LogP contribution < -0.4 is 0 Å². The largest absolute Gasteiger partial charge is 0.435 e. The number of oxazole rings is 2. The van der Waals surface area contributed by atoms with Gasteiger partial charge < -0.3 is 8.83 Å². The van der Waals surface area contributed by atoms with E-state index in [0.29, 0.717) is 22.5 Å². The van der Waals surface area contributed by atoms with E-state index in [9.17, 15) is 0 Å². The van der Waals surface area contributed by atoms with Crippen LogP contribution >= 0.6 is 11.3 Å². The molecule has 5 aromatic rings. The van der Waals surface area contributed by atoms with Crippen molar-refractivity contribution in [2.75, 3.05) is 0 Å². The molecule has 0 aliphatic heterocycles. The fraction of sp³-hybridized carbons (Fsp3) is 0. The van der Waals surface area contributed by atoms with E-state index in [1.165, 1.54) is 11.3 Å². The lowest BCUT2D eigenvalue weighted by atomic mass is 10.3. The van der Waals surface area contributed by atoms with Crippen molar-refractivity contribution in [2.45, 2.75) is 0 Å². The number of para-hydroxylation sites is 4. The molecule has 0 saturated carbocycles. The van der Waals surface area contributed by atoms with E-state index in [1.807, 2.05) is 53.9 Å². The van der Waals surface area contributed by atoms with Crippen molar-refractivity contribution in [3.05, 3.63) is 53.9 Å². The minimum atomic E-state index is 0.504. The van der Waals surface area contributed by atoms with E-state index in [2.05, 4.69) is 15.0 Å². The van der Waals surface area contributed by atoms with Crippen LogP contribution in [0.5, 0.6) is 0 Å². The van der Waals surface area contributed by atoms with Crippen LogP contribution in [0.3, 0.4) is 0 Å². The van der Waals surface area contributed by atoms with Gasteiger partial charge in [0.1, 0.15) is 16.7 Å². The first-order valence-corrected chi connectivity index (χ1v) is 7.92. The second kappa shape index (κ2) is 4.76. The summed E-state index contributed by atoms with van der Waals surface area (Å²) in [5.74, 6) is 1.02. The average molecular weight is 319 g/mol. The SMILES string of the molecule is c1ccc2oc(-c3csc(-c4nc5ccccc5o4)n3)nc2c1. The lowest BCUT2D eigenvalue weighted by Gasteiger charge is -1.86. The molecule has 2 aromatic carbocycles. The van der Waals surface area contributed by atoms with Gasteiger partial charge >= 0.3 is 0 Å². The van der Waals surface area contributed by atoms with Gasteiger partial charge in [-0.1, -0.05) is 24.3 Å². The van der Waals surface area contributed by atoms with Crippen molar-refractivity contribution in [1.29, 1.82) is 0 Å². The zero-order valence-electron chi connectivity index (χ0n) is 11.8. The number of rotatable bonds is 2. The average Bonchev–Trinajstić information content (AvgIpc) is 3.30. The van der Waals surface area contributed by atoms with Gasteiger partial charge in [0, 0.05) is 5.38 Å². The van der Waals surface area contributed by atoms with Gasteiger partial charge in [-0.3, -0.25) is 0 Å². The van der Waals surface area contributed by atoms with Crippen LogP contribution in [-0.2, 0) is 0 Å². The molecule has 3 heterocycles. The first-order chi connectivity index (χ1) is 11.4. The molecule has 0 N–H and O–H groups in total. The molecular weight excluding hydrogens is 310 g/mol. The third kappa shape index (κ3) is 2.03. The molecule has 3 aromatic heterocycles. The predicted octanol–water partition coefficient (Wildman–Crippen LogP) is 4.76. The summed E-state index contributed by atoms with van der Waals surface area (Å²) in [4.78, 5) is 13.5. The van der Waals surface area contributed by atoms with E-state index in [1.54, 1.807) is 0 Å². The van der Waals surface area contributed by atoms with Gasteiger partial charge in [-0.25, -0.2) is 15.0 Å². The van der Waals surface area contributed by atoms with Crippen LogP contribution in [0.15, 0.2) is 62.7 Å². The first kappa shape index (κ1) is 12.5. The van der Waals surface area contributed by atoms with Crippen molar-refractivity contribution in [2.24, 2.45) is 0 Å². The number of fused-ring (bicyclic) bond motifs is 2. The molecule has 0 atom stereocenters. The molecule has 0 bridgehead atoms. The lowest BCUT2D eigenvalue weighted by molar-refractivity contribution is 0.614. The number of hydrogen-bond donors (Lipinski definition) is 0. The molecule has 6 heteroatoms. The number of aromatic nitrogens is 3. The Morgan fingerprint density at radius 3 is 2.00 bits per heavy atom. The second-order valence-corrected chi connectivity index (χ2v) is 5.87. The maximum absolute atomic E-state index is 5.75. The maximum Gasteiger partial charge on any atom is 0.256 e. The summed E-state index contributed by atoms with van der Waals surface area (Å²) in [5.41, 5.74) is 3.82. The molecule has 0 spiro atoms. The molecule has 5 nitrogen and oxygen atoms in total. The molecule has 0 aliphatic rings. The van der Waals surface area contributed by atoms with Crippen molar-refractivity contribution in [3.63, 3.8) is 0 Å². The highest BCUT2D eigenvalue weighted by molar-refractivity contribution is 7.13. The molecule has 0 radical (unpaired) electrons. The fourth-order valence-electron chi connectivity index (χ4n) is 2.42. The molecule has 0 aliphatic carbocycles. The summed E-state index contributed by atoms with van der Waals surface area (Å²) < 4.78 is 11.5. The van der Waals surface area contributed by atoms with E-state index in [-0.39, 0.29) is 0 Å². The Labute approximate surface area is 134 Å². The van der Waals surface area contributed by atoms with Gasteiger partial charge in [-0.05, 0) is 24.3 Å².